The highest BCUT2D eigenvalue weighted by molar-refractivity contribution is 7.99. The lowest BCUT2D eigenvalue weighted by Crippen LogP contribution is -2.06. The highest BCUT2D eigenvalue weighted by atomic mass is 32.2. The number of aryl methyl sites for hydroxylation is 2. The van der Waals surface area contributed by atoms with Gasteiger partial charge >= 0.3 is 5.97 Å². The minimum absolute atomic E-state index is 0.0446. The van der Waals surface area contributed by atoms with E-state index in [-0.39, 0.29) is 5.75 Å². The van der Waals surface area contributed by atoms with E-state index in [1.54, 1.807) is 7.11 Å². The van der Waals surface area contributed by atoms with E-state index in [2.05, 4.69) is 10.2 Å². The van der Waals surface area contributed by atoms with Gasteiger partial charge in [-0.3, -0.25) is 9.36 Å². The summed E-state index contributed by atoms with van der Waals surface area (Å²) < 4.78 is 7.11. The van der Waals surface area contributed by atoms with E-state index >= 15 is 0 Å². The molecule has 0 atom stereocenters. The molecule has 0 saturated carbocycles. The fourth-order valence-corrected chi connectivity index (χ4v) is 2.68. The van der Waals surface area contributed by atoms with E-state index in [0.29, 0.717) is 11.6 Å². The minimum atomic E-state index is -0.876. The van der Waals surface area contributed by atoms with Gasteiger partial charge in [0.25, 0.3) is 0 Å². The number of hydrogen-bond acceptors (Lipinski definition) is 5. The zero-order valence-corrected chi connectivity index (χ0v) is 13.0. The van der Waals surface area contributed by atoms with Gasteiger partial charge in [-0.25, -0.2) is 0 Å². The molecule has 2 rings (SSSR count). The third-order valence-corrected chi connectivity index (χ3v) is 3.90. The van der Waals surface area contributed by atoms with Gasteiger partial charge in [0.2, 0.25) is 0 Å². The summed E-state index contributed by atoms with van der Waals surface area (Å²) in [5, 5.41) is 17.7. The van der Waals surface area contributed by atoms with Crippen molar-refractivity contribution < 1.29 is 14.6 Å². The van der Waals surface area contributed by atoms with Crippen LogP contribution in [-0.2, 0) is 11.2 Å². The van der Waals surface area contributed by atoms with Crippen LogP contribution < -0.4 is 4.74 Å². The van der Waals surface area contributed by atoms with Crippen LogP contribution in [0.1, 0.15) is 18.3 Å². The average Bonchev–Trinajstić information content (AvgIpc) is 2.87. The van der Waals surface area contributed by atoms with Crippen molar-refractivity contribution in [2.45, 2.75) is 25.4 Å². The van der Waals surface area contributed by atoms with Crippen molar-refractivity contribution >= 4 is 17.7 Å². The molecule has 0 unspecified atom stereocenters. The molecule has 1 aromatic heterocycles. The first-order chi connectivity index (χ1) is 10.1. The maximum absolute atomic E-state index is 10.8. The number of methoxy groups -OCH3 is 1. The van der Waals surface area contributed by atoms with Gasteiger partial charge in [-0.15, -0.1) is 10.2 Å². The van der Waals surface area contributed by atoms with Crippen LogP contribution in [0.15, 0.2) is 23.4 Å². The lowest BCUT2D eigenvalue weighted by atomic mass is 10.2. The standard InChI is InChI=1S/C14H17N3O3S/c1-4-12-15-16-14(21-8-13(18)19)17(12)11-6-5-10(20-3)7-9(11)2/h5-7H,4,8H2,1-3H3,(H,18,19). The zero-order valence-electron chi connectivity index (χ0n) is 12.2. The van der Waals surface area contributed by atoms with Gasteiger partial charge in [0.1, 0.15) is 11.6 Å². The van der Waals surface area contributed by atoms with E-state index in [4.69, 9.17) is 9.84 Å². The minimum Gasteiger partial charge on any atom is -0.497 e. The van der Waals surface area contributed by atoms with E-state index in [1.807, 2.05) is 36.6 Å². The van der Waals surface area contributed by atoms with E-state index in [9.17, 15) is 4.79 Å². The van der Waals surface area contributed by atoms with Crippen molar-refractivity contribution in [3.63, 3.8) is 0 Å². The van der Waals surface area contributed by atoms with Gasteiger partial charge in [-0.1, -0.05) is 18.7 Å². The Morgan fingerprint density at radius 1 is 1.43 bits per heavy atom. The number of nitrogens with zero attached hydrogens (tertiary/aromatic N) is 3. The fraction of sp³-hybridized carbons (Fsp3) is 0.357. The zero-order chi connectivity index (χ0) is 15.4. The van der Waals surface area contributed by atoms with Crippen LogP contribution in [0.2, 0.25) is 0 Å². The number of benzene rings is 1. The molecule has 1 N–H and O–H groups in total. The second-order valence-corrected chi connectivity index (χ2v) is 5.37. The normalized spacial score (nSPS) is 10.6. The van der Waals surface area contributed by atoms with Crippen LogP contribution in [0.25, 0.3) is 5.69 Å². The number of ether oxygens (including phenoxy) is 1. The molecule has 7 heteroatoms. The number of carboxylic acid groups (broad SMARTS) is 1. The Hall–Kier alpha value is -2.02. The lowest BCUT2D eigenvalue weighted by Gasteiger charge is -2.13. The van der Waals surface area contributed by atoms with Gasteiger partial charge in [-0.2, -0.15) is 0 Å². The number of hydrogen-bond donors (Lipinski definition) is 1. The summed E-state index contributed by atoms with van der Waals surface area (Å²) in [5.41, 5.74) is 1.95. The molecule has 1 aromatic carbocycles. The number of carboxylic acids is 1. The molecule has 1 heterocycles. The van der Waals surface area contributed by atoms with E-state index < -0.39 is 5.97 Å². The highest BCUT2D eigenvalue weighted by Crippen LogP contribution is 2.26. The van der Waals surface area contributed by atoms with Crippen molar-refractivity contribution in [2.75, 3.05) is 12.9 Å². The molecule has 0 fully saturated rings. The fourth-order valence-electron chi connectivity index (χ4n) is 2.00. The monoisotopic (exact) mass is 307 g/mol. The van der Waals surface area contributed by atoms with Crippen molar-refractivity contribution in [1.29, 1.82) is 0 Å². The Labute approximate surface area is 127 Å². The van der Waals surface area contributed by atoms with Crippen LogP contribution >= 0.6 is 11.8 Å². The Morgan fingerprint density at radius 2 is 2.19 bits per heavy atom. The molecule has 0 saturated heterocycles. The molecular formula is C14H17N3O3S. The molecule has 6 nitrogen and oxygen atoms in total. The predicted molar refractivity (Wildman–Crippen MR) is 80.4 cm³/mol. The summed E-state index contributed by atoms with van der Waals surface area (Å²) >= 11 is 1.16. The maximum atomic E-state index is 10.8. The Balaban J connectivity index is 2.45. The molecule has 0 radical (unpaired) electrons. The molecule has 0 spiro atoms. The summed E-state index contributed by atoms with van der Waals surface area (Å²) in [6.07, 6.45) is 0.714. The number of aliphatic carboxylic acids is 1. The van der Waals surface area contributed by atoms with Gasteiger partial charge in [0.05, 0.1) is 18.6 Å². The molecule has 112 valence electrons. The van der Waals surface area contributed by atoms with Crippen molar-refractivity contribution in [3.8, 4) is 11.4 Å². The van der Waals surface area contributed by atoms with Gasteiger partial charge in [-0.05, 0) is 30.7 Å². The third kappa shape index (κ3) is 3.36. The summed E-state index contributed by atoms with van der Waals surface area (Å²) in [6.45, 7) is 3.97. The van der Waals surface area contributed by atoms with Crippen LogP contribution in [0.5, 0.6) is 5.75 Å². The molecule has 0 aliphatic rings. The first-order valence-corrected chi connectivity index (χ1v) is 7.49. The topological polar surface area (TPSA) is 77.2 Å². The summed E-state index contributed by atoms with van der Waals surface area (Å²) in [5.74, 6) is 0.661. The summed E-state index contributed by atoms with van der Waals surface area (Å²) in [4.78, 5) is 10.8. The quantitative estimate of drug-likeness (QED) is 0.825. The molecule has 21 heavy (non-hydrogen) atoms. The molecule has 0 aliphatic carbocycles. The Bertz CT molecular complexity index is 655. The van der Waals surface area contributed by atoms with Crippen LogP contribution in [-0.4, -0.2) is 38.7 Å². The molecule has 0 amide bonds. The number of aromatic nitrogens is 3. The molecule has 0 aliphatic heterocycles. The number of thioether (sulfide) groups is 1. The molecular weight excluding hydrogens is 290 g/mol. The predicted octanol–water partition coefficient (Wildman–Crippen LogP) is 2.32. The largest absolute Gasteiger partial charge is 0.497 e. The van der Waals surface area contributed by atoms with E-state index in [0.717, 1.165) is 34.6 Å². The van der Waals surface area contributed by atoms with Crippen molar-refractivity contribution in [2.24, 2.45) is 0 Å². The SMILES string of the molecule is CCc1nnc(SCC(=O)O)n1-c1ccc(OC)cc1C. The first-order valence-electron chi connectivity index (χ1n) is 6.50. The maximum Gasteiger partial charge on any atom is 0.313 e. The van der Waals surface area contributed by atoms with Crippen LogP contribution in [0.3, 0.4) is 0 Å². The summed E-state index contributed by atoms with van der Waals surface area (Å²) in [7, 11) is 1.62. The molecule has 2 aromatic rings. The molecule has 0 bridgehead atoms. The van der Waals surface area contributed by atoms with Crippen molar-refractivity contribution in [1.82, 2.24) is 14.8 Å². The van der Waals surface area contributed by atoms with Gasteiger partial charge in [0, 0.05) is 6.42 Å². The Morgan fingerprint density at radius 3 is 2.76 bits per heavy atom. The second kappa shape index (κ2) is 6.62. The second-order valence-electron chi connectivity index (χ2n) is 4.42. The third-order valence-electron chi connectivity index (χ3n) is 2.99. The summed E-state index contributed by atoms with van der Waals surface area (Å²) in [6, 6.07) is 5.73. The average molecular weight is 307 g/mol. The number of carbonyl (C=O) groups is 1. The lowest BCUT2D eigenvalue weighted by molar-refractivity contribution is -0.133. The van der Waals surface area contributed by atoms with Crippen molar-refractivity contribution in [3.05, 3.63) is 29.6 Å². The smallest absolute Gasteiger partial charge is 0.313 e. The van der Waals surface area contributed by atoms with Crippen LogP contribution in [0, 0.1) is 6.92 Å². The van der Waals surface area contributed by atoms with Gasteiger partial charge < -0.3 is 9.84 Å². The van der Waals surface area contributed by atoms with Gasteiger partial charge in [0.15, 0.2) is 5.16 Å². The Kier molecular flexibility index (Phi) is 4.85. The highest BCUT2D eigenvalue weighted by Gasteiger charge is 2.16. The first kappa shape index (κ1) is 15.4. The number of rotatable bonds is 6. The van der Waals surface area contributed by atoms with E-state index in [1.165, 1.54) is 0 Å². The van der Waals surface area contributed by atoms with Crippen LogP contribution in [0.4, 0.5) is 0 Å².